The zero-order valence-corrected chi connectivity index (χ0v) is 13.1. The first-order valence-corrected chi connectivity index (χ1v) is 7.80. The molecule has 0 aliphatic heterocycles. The summed E-state index contributed by atoms with van der Waals surface area (Å²) in [4.78, 5) is 4.55. The molecule has 2 rings (SSSR count). The van der Waals surface area contributed by atoms with Crippen LogP contribution in [-0.4, -0.2) is 12.0 Å². The van der Waals surface area contributed by atoms with Gasteiger partial charge < -0.3 is 11.1 Å². The number of terminal acetylenes is 1. The van der Waals surface area contributed by atoms with Crippen LogP contribution in [-0.2, 0) is 0 Å². The quantitative estimate of drug-likeness (QED) is 0.506. The van der Waals surface area contributed by atoms with Gasteiger partial charge in [0.15, 0.2) is 5.96 Å². The maximum atomic E-state index is 5.98. The van der Waals surface area contributed by atoms with E-state index in [4.69, 9.17) is 12.2 Å². The Balaban J connectivity index is 2.00. The monoisotopic (exact) mass is 333 g/mol. The van der Waals surface area contributed by atoms with Crippen molar-refractivity contribution in [1.82, 2.24) is 5.32 Å². The van der Waals surface area contributed by atoms with Crippen LogP contribution in [0.15, 0.2) is 33.7 Å². The molecular formula is C16H20BrN3. The summed E-state index contributed by atoms with van der Waals surface area (Å²) < 4.78 is 1.03. The van der Waals surface area contributed by atoms with E-state index in [0.717, 1.165) is 22.9 Å². The Labute approximate surface area is 129 Å². The molecule has 0 spiro atoms. The summed E-state index contributed by atoms with van der Waals surface area (Å²) in [5.74, 6) is 3.17. The van der Waals surface area contributed by atoms with Gasteiger partial charge in [-0.3, -0.25) is 4.99 Å². The van der Waals surface area contributed by atoms with Crippen LogP contribution >= 0.6 is 15.9 Å². The third-order valence-corrected chi connectivity index (χ3v) is 4.09. The Morgan fingerprint density at radius 1 is 1.30 bits per heavy atom. The maximum absolute atomic E-state index is 5.98. The lowest BCUT2D eigenvalue weighted by Crippen LogP contribution is -2.36. The minimum Gasteiger partial charge on any atom is -0.370 e. The highest BCUT2D eigenvalue weighted by atomic mass is 79.9. The maximum Gasteiger partial charge on any atom is 0.190 e. The van der Waals surface area contributed by atoms with Gasteiger partial charge in [0.2, 0.25) is 0 Å². The van der Waals surface area contributed by atoms with Gasteiger partial charge in [-0.05, 0) is 30.5 Å². The Bertz CT molecular complexity index is 495. The summed E-state index contributed by atoms with van der Waals surface area (Å²) in [6.07, 6.45) is 11.6. The number of halogens is 1. The number of nitrogens with one attached hydrogen (secondary N) is 1. The summed E-state index contributed by atoms with van der Waals surface area (Å²) >= 11 is 3.41. The van der Waals surface area contributed by atoms with E-state index in [1.807, 2.05) is 24.3 Å². The molecule has 20 heavy (non-hydrogen) atoms. The minimum atomic E-state index is -0.240. The first-order valence-electron chi connectivity index (χ1n) is 7.00. The van der Waals surface area contributed by atoms with Crippen molar-refractivity contribution in [3.05, 3.63) is 34.3 Å². The SMILES string of the molecule is C#CC(NC(N)=NC1CCCCC1)c1ccc(Br)cc1. The van der Waals surface area contributed by atoms with Crippen LogP contribution in [0.2, 0.25) is 0 Å². The number of nitrogens with zero attached hydrogens (tertiary/aromatic N) is 1. The van der Waals surface area contributed by atoms with E-state index in [0.29, 0.717) is 12.0 Å². The highest BCUT2D eigenvalue weighted by molar-refractivity contribution is 9.10. The fraction of sp³-hybridized carbons (Fsp3) is 0.438. The first kappa shape index (κ1) is 14.9. The van der Waals surface area contributed by atoms with Crippen molar-refractivity contribution in [1.29, 1.82) is 0 Å². The number of nitrogens with two attached hydrogens (primary N) is 1. The minimum absolute atomic E-state index is 0.240. The molecule has 0 aromatic heterocycles. The Morgan fingerprint density at radius 2 is 1.95 bits per heavy atom. The molecule has 3 N–H and O–H groups in total. The Hall–Kier alpha value is -1.47. The van der Waals surface area contributed by atoms with Gasteiger partial charge in [0.05, 0.1) is 6.04 Å². The molecule has 1 aliphatic rings. The largest absolute Gasteiger partial charge is 0.370 e. The molecule has 1 unspecified atom stereocenters. The van der Waals surface area contributed by atoms with E-state index in [1.54, 1.807) is 0 Å². The molecule has 1 aliphatic carbocycles. The lowest BCUT2D eigenvalue weighted by atomic mass is 9.96. The molecule has 0 radical (unpaired) electrons. The van der Waals surface area contributed by atoms with Crippen molar-refractivity contribution in [3.63, 3.8) is 0 Å². The van der Waals surface area contributed by atoms with Crippen LogP contribution in [0.25, 0.3) is 0 Å². The number of aliphatic imine (C=N–C) groups is 1. The van der Waals surface area contributed by atoms with Crippen molar-refractivity contribution in [2.45, 2.75) is 44.2 Å². The van der Waals surface area contributed by atoms with Crippen molar-refractivity contribution in [2.75, 3.05) is 0 Å². The molecule has 0 amide bonds. The average Bonchev–Trinajstić information content (AvgIpc) is 2.47. The van der Waals surface area contributed by atoms with Crippen molar-refractivity contribution in [3.8, 4) is 12.3 Å². The number of hydrogen-bond donors (Lipinski definition) is 2. The molecule has 1 aromatic rings. The topological polar surface area (TPSA) is 50.4 Å². The highest BCUT2D eigenvalue weighted by Gasteiger charge is 2.14. The first-order chi connectivity index (χ1) is 9.69. The zero-order chi connectivity index (χ0) is 14.4. The molecule has 1 saturated carbocycles. The van der Waals surface area contributed by atoms with Gasteiger partial charge in [-0.1, -0.05) is 53.2 Å². The van der Waals surface area contributed by atoms with Crippen LogP contribution in [0.1, 0.15) is 43.7 Å². The summed E-state index contributed by atoms with van der Waals surface area (Å²) in [5.41, 5.74) is 6.99. The van der Waals surface area contributed by atoms with Crippen molar-refractivity contribution in [2.24, 2.45) is 10.7 Å². The van der Waals surface area contributed by atoms with Crippen molar-refractivity contribution < 1.29 is 0 Å². The van der Waals surface area contributed by atoms with Gasteiger partial charge in [-0.2, -0.15) is 0 Å². The molecule has 3 nitrogen and oxygen atoms in total. The van der Waals surface area contributed by atoms with E-state index >= 15 is 0 Å². The second-order valence-corrected chi connectivity index (χ2v) is 6.02. The standard InChI is InChI=1S/C16H20BrN3/c1-2-15(12-8-10-13(17)11-9-12)20-16(18)19-14-6-4-3-5-7-14/h1,8-11,14-15H,3-7H2,(H3,18,19,20). The predicted molar refractivity (Wildman–Crippen MR) is 87.3 cm³/mol. The molecule has 0 heterocycles. The third kappa shape index (κ3) is 4.28. The normalized spacial score (nSPS) is 18.3. The molecule has 0 bridgehead atoms. The number of rotatable bonds is 3. The van der Waals surface area contributed by atoms with Gasteiger partial charge in [0.1, 0.15) is 6.04 Å². The summed E-state index contributed by atoms with van der Waals surface area (Å²) in [7, 11) is 0. The van der Waals surface area contributed by atoms with Crippen molar-refractivity contribution >= 4 is 21.9 Å². The fourth-order valence-electron chi connectivity index (χ4n) is 2.47. The van der Waals surface area contributed by atoms with E-state index in [-0.39, 0.29) is 6.04 Å². The third-order valence-electron chi connectivity index (χ3n) is 3.56. The zero-order valence-electron chi connectivity index (χ0n) is 11.5. The molecule has 1 fully saturated rings. The molecule has 1 atom stereocenters. The molecule has 0 saturated heterocycles. The Morgan fingerprint density at radius 3 is 2.55 bits per heavy atom. The predicted octanol–water partition coefficient (Wildman–Crippen LogP) is 3.36. The van der Waals surface area contributed by atoms with Crippen LogP contribution in [0.4, 0.5) is 0 Å². The van der Waals surface area contributed by atoms with E-state index in [2.05, 4.69) is 32.2 Å². The second-order valence-electron chi connectivity index (χ2n) is 5.10. The summed E-state index contributed by atoms with van der Waals surface area (Å²) in [5, 5.41) is 3.13. The van der Waals surface area contributed by atoms with Gasteiger partial charge >= 0.3 is 0 Å². The molecule has 1 aromatic carbocycles. The molecule has 106 valence electrons. The van der Waals surface area contributed by atoms with Gasteiger partial charge in [-0.25, -0.2) is 0 Å². The van der Waals surface area contributed by atoms with E-state index in [9.17, 15) is 0 Å². The van der Waals surface area contributed by atoms with Crippen LogP contribution in [0, 0.1) is 12.3 Å². The van der Waals surface area contributed by atoms with Gasteiger partial charge in [0.25, 0.3) is 0 Å². The smallest absolute Gasteiger partial charge is 0.190 e. The average molecular weight is 334 g/mol. The Kier molecular flexibility index (Phi) is 5.49. The fourth-order valence-corrected chi connectivity index (χ4v) is 2.73. The number of benzene rings is 1. The second kappa shape index (κ2) is 7.35. The van der Waals surface area contributed by atoms with Crippen LogP contribution in [0.5, 0.6) is 0 Å². The highest BCUT2D eigenvalue weighted by Crippen LogP contribution is 2.20. The summed E-state index contributed by atoms with van der Waals surface area (Å²) in [6.45, 7) is 0. The lowest BCUT2D eigenvalue weighted by molar-refractivity contribution is 0.442. The van der Waals surface area contributed by atoms with Crippen LogP contribution < -0.4 is 11.1 Å². The number of guanidine groups is 1. The summed E-state index contributed by atoms with van der Waals surface area (Å²) in [6, 6.07) is 8.01. The molecular weight excluding hydrogens is 314 g/mol. The lowest BCUT2D eigenvalue weighted by Gasteiger charge is -2.20. The molecule has 4 heteroatoms. The van der Waals surface area contributed by atoms with Gasteiger partial charge in [-0.15, -0.1) is 6.42 Å². The van der Waals surface area contributed by atoms with E-state index in [1.165, 1.54) is 19.3 Å². The van der Waals surface area contributed by atoms with Crippen LogP contribution in [0.3, 0.4) is 0 Å². The van der Waals surface area contributed by atoms with E-state index < -0.39 is 0 Å². The number of hydrogen-bond acceptors (Lipinski definition) is 1. The van der Waals surface area contributed by atoms with Gasteiger partial charge in [0, 0.05) is 4.47 Å².